The van der Waals surface area contributed by atoms with E-state index in [9.17, 15) is 15.4 Å². The molecule has 0 aromatic heterocycles. The number of hydrogen-bond acceptors (Lipinski definition) is 5. The molecule has 126 valence electrons. The molecule has 0 saturated carbocycles. The summed E-state index contributed by atoms with van der Waals surface area (Å²) < 4.78 is 5.68. The van der Waals surface area contributed by atoms with Gasteiger partial charge in [-0.1, -0.05) is 42.5 Å². The molecule has 1 aliphatic rings. The highest BCUT2D eigenvalue weighted by molar-refractivity contribution is 5.90. The summed E-state index contributed by atoms with van der Waals surface area (Å²) in [5.41, 5.74) is 7.85. The molecule has 1 heterocycles. The number of rotatable bonds is 2. The van der Waals surface area contributed by atoms with E-state index in [4.69, 9.17) is 10.5 Å². The van der Waals surface area contributed by atoms with Gasteiger partial charge >= 0.3 is 0 Å². The lowest BCUT2D eigenvalue weighted by molar-refractivity contribution is -0.384. The van der Waals surface area contributed by atoms with Crippen molar-refractivity contribution < 1.29 is 9.66 Å². The molecule has 1 aliphatic heterocycles. The lowest BCUT2D eigenvalue weighted by Gasteiger charge is -2.27. The summed E-state index contributed by atoms with van der Waals surface area (Å²) in [4.78, 5) is 10.5. The molecule has 0 fully saturated rings. The third kappa shape index (κ3) is 2.34. The molecule has 0 unspecified atom stereocenters. The molecule has 0 amide bonds. The van der Waals surface area contributed by atoms with E-state index >= 15 is 0 Å². The zero-order valence-corrected chi connectivity index (χ0v) is 13.5. The van der Waals surface area contributed by atoms with Gasteiger partial charge in [0.05, 0.1) is 10.8 Å². The summed E-state index contributed by atoms with van der Waals surface area (Å²) in [5.74, 6) is 0.192. The topological polar surface area (TPSA) is 102 Å². The van der Waals surface area contributed by atoms with Gasteiger partial charge in [-0.3, -0.25) is 10.1 Å². The van der Waals surface area contributed by atoms with Gasteiger partial charge in [0.2, 0.25) is 5.88 Å². The molecule has 6 heteroatoms. The van der Waals surface area contributed by atoms with Gasteiger partial charge in [0.15, 0.2) is 0 Å². The third-order valence-electron chi connectivity index (χ3n) is 4.55. The third-order valence-corrected chi connectivity index (χ3v) is 4.55. The quantitative estimate of drug-likeness (QED) is 0.560. The van der Waals surface area contributed by atoms with Crippen LogP contribution in [0.5, 0.6) is 5.75 Å². The van der Waals surface area contributed by atoms with Crippen LogP contribution in [0.1, 0.15) is 17.0 Å². The van der Waals surface area contributed by atoms with Crippen molar-refractivity contribution in [1.29, 1.82) is 5.26 Å². The maximum atomic E-state index is 10.9. The Hall–Kier alpha value is -3.85. The first-order valence-electron chi connectivity index (χ1n) is 7.93. The van der Waals surface area contributed by atoms with E-state index in [1.807, 2.05) is 36.4 Å². The zero-order chi connectivity index (χ0) is 18.3. The van der Waals surface area contributed by atoms with Crippen LogP contribution in [0.4, 0.5) is 5.69 Å². The van der Waals surface area contributed by atoms with E-state index in [1.54, 1.807) is 12.1 Å². The normalized spacial score (nSPS) is 15.9. The molecular formula is C20H13N3O3. The molecule has 4 rings (SSSR count). The van der Waals surface area contributed by atoms with Crippen LogP contribution in [0.3, 0.4) is 0 Å². The molecule has 26 heavy (non-hydrogen) atoms. The van der Waals surface area contributed by atoms with E-state index < -0.39 is 10.8 Å². The maximum Gasteiger partial charge on any atom is 0.269 e. The van der Waals surface area contributed by atoms with E-state index in [2.05, 4.69) is 6.07 Å². The molecule has 0 radical (unpaired) electrons. The highest BCUT2D eigenvalue weighted by Gasteiger charge is 2.32. The van der Waals surface area contributed by atoms with Crippen molar-refractivity contribution in [3.63, 3.8) is 0 Å². The van der Waals surface area contributed by atoms with Crippen LogP contribution < -0.4 is 10.5 Å². The number of ether oxygens (including phenoxy) is 1. The fourth-order valence-corrected chi connectivity index (χ4v) is 3.36. The largest absolute Gasteiger partial charge is 0.440 e. The van der Waals surface area contributed by atoms with Crippen LogP contribution in [0.25, 0.3) is 10.8 Å². The number of fused-ring (bicyclic) bond motifs is 3. The average molecular weight is 343 g/mol. The minimum absolute atomic E-state index is 0.00517. The fourth-order valence-electron chi connectivity index (χ4n) is 3.36. The Morgan fingerprint density at radius 2 is 1.81 bits per heavy atom. The summed E-state index contributed by atoms with van der Waals surface area (Å²) >= 11 is 0. The first kappa shape index (κ1) is 15.7. The summed E-state index contributed by atoms with van der Waals surface area (Å²) in [6.07, 6.45) is 0. The Morgan fingerprint density at radius 1 is 1.08 bits per heavy atom. The lowest BCUT2D eigenvalue weighted by Crippen LogP contribution is -2.21. The molecule has 0 aliphatic carbocycles. The van der Waals surface area contributed by atoms with Crippen LogP contribution in [0.2, 0.25) is 0 Å². The molecule has 2 N–H and O–H groups in total. The molecule has 6 nitrogen and oxygen atoms in total. The van der Waals surface area contributed by atoms with Crippen molar-refractivity contribution in [3.05, 3.63) is 93.4 Å². The standard InChI is InChI=1S/C20H13N3O3/c21-11-16-18(13-5-8-14(9-6-13)23(24)25)19-15-4-2-1-3-12(15)7-10-17(19)26-20(16)22/h1-10,18H,22H2/t18-/m0/s1. The molecule has 1 atom stereocenters. The van der Waals surface area contributed by atoms with Crippen molar-refractivity contribution in [3.8, 4) is 11.8 Å². The number of benzene rings is 3. The van der Waals surface area contributed by atoms with Crippen LogP contribution in [-0.4, -0.2) is 4.92 Å². The number of nitro groups is 1. The lowest BCUT2D eigenvalue weighted by atomic mass is 9.81. The second-order valence-corrected chi connectivity index (χ2v) is 5.97. The second-order valence-electron chi connectivity index (χ2n) is 5.97. The van der Waals surface area contributed by atoms with Gasteiger partial charge in [0.25, 0.3) is 5.69 Å². The minimum Gasteiger partial charge on any atom is -0.440 e. The Kier molecular flexibility index (Phi) is 3.55. The zero-order valence-electron chi connectivity index (χ0n) is 13.5. The van der Waals surface area contributed by atoms with Gasteiger partial charge < -0.3 is 10.5 Å². The van der Waals surface area contributed by atoms with Gasteiger partial charge in [0, 0.05) is 17.7 Å². The van der Waals surface area contributed by atoms with Gasteiger partial charge in [-0.05, 0) is 22.4 Å². The molecular weight excluding hydrogens is 330 g/mol. The van der Waals surface area contributed by atoms with Gasteiger partial charge in [0.1, 0.15) is 17.4 Å². The number of nitriles is 1. The van der Waals surface area contributed by atoms with Gasteiger partial charge in [-0.25, -0.2) is 0 Å². The Labute approximate surface area is 148 Å². The number of nitrogens with zero attached hydrogens (tertiary/aromatic N) is 2. The Balaban J connectivity index is 1.99. The van der Waals surface area contributed by atoms with Crippen molar-refractivity contribution in [2.45, 2.75) is 5.92 Å². The monoisotopic (exact) mass is 343 g/mol. The highest BCUT2D eigenvalue weighted by atomic mass is 16.6. The number of non-ortho nitro benzene ring substituents is 1. The summed E-state index contributed by atoms with van der Waals surface area (Å²) in [6, 6.07) is 19.9. The summed E-state index contributed by atoms with van der Waals surface area (Å²) in [5, 5.41) is 22.6. The highest BCUT2D eigenvalue weighted by Crippen LogP contribution is 2.45. The van der Waals surface area contributed by atoms with Crippen molar-refractivity contribution >= 4 is 16.5 Å². The SMILES string of the molecule is N#CC1=C(N)Oc2ccc3ccccc3c2[C@H]1c1ccc([N+](=O)[O-])cc1. The Bertz CT molecular complexity index is 1110. The smallest absolute Gasteiger partial charge is 0.269 e. The minimum atomic E-state index is -0.452. The number of allylic oxidation sites excluding steroid dienone is 1. The van der Waals surface area contributed by atoms with Crippen molar-refractivity contribution in [2.75, 3.05) is 0 Å². The Morgan fingerprint density at radius 3 is 2.50 bits per heavy atom. The fraction of sp³-hybridized carbons (Fsp3) is 0.0500. The molecule has 0 saturated heterocycles. The second kappa shape index (κ2) is 5.90. The summed E-state index contributed by atoms with van der Waals surface area (Å²) in [6.45, 7) is 0. The van der Waals surface area contributed by atoms with E-state index in [0.29, 0.717) is 11.3 Å². The molecule has 3 aromatic rings. The maximum absolute atomic E-state index is 10.9. The first-order chi connectivity index (χ1) is 12.6. The van der Waals surface area contributed by atoms with Gasteiger partial charge in [-0.2, -0.15) is 5.26 Å². The molecule has 3 aromatic carbocycles. The van der Waals surface area contributed by atoms with Crippen LogP contribution in [-0.2, 0) is 0 Å². The van der Waals surface area contributed by atoms with E-state index in [1.165, 1.54) is 12.1 Å². The predicted octanol–water partition coefficient (Wildman–Crippen LogP) is 3.97. The predicted molar refractivity (Wildman–Crippen MR) is 96.3 cm³/mol. The number of nitro benzene ring substituents is 1. The number of hydrogen-bond donors (Lipinski definition) is 1. The van der Waals surface area contributed by atoms with Crippen molar-refractivity contribution in [1.82, 2.24) is 0 Å². The van der Waals surface area contributed by atoms with Crippen LogP contribution >= 0.6 is 0 Å². The van der Waals surface area contributed by atoms with E-state index in [0.717, 1.165) is 21.9 Å². The first-order valence-corrected chi connectivity index (χ1v) is 7.93. The average Bonchev–Trinajstić information content (AvgIpc) is 2.66. The van der Waals surface area contributed by atoms with Crippen LogP contribution in [0.15, 0.2) is 72.1 Å². The van der Waals surface area contributed by atoms with Crippen molar-refractivity contribution in [2.24, 2.45) is 5.73 Å². The summed E-state index contributed by atoms with van der Waals surface area (Å²) in [7, 11) is 0. The molecule has 0 spiro atoms. The van der Waals surface area contributed by atoms with Crippen LogP contribution in [0, 0.1) is 21.4 Å². The van der Waals surface area contributed by atoms with E-state index in [-0.39, 0.29) is 11.6 Å². The van der Waals surface area contributed by atoms with Gasteiger partial charge in [-0.15, -0.1) is 0 Å². The molecule has 0 bridgehead atoms. The number of nitrogens with two attached hydrogens (primary N) is 1.